The predicted octanol–water partition coefficient (Wildman–Crippen LogP) is 3.37. The van der Waals surface area contributed by atoms with E-state index in [1.54, 1.807) is 26.4 Å². The Labute approximate surface area is 167 Å². The van der Waals surface area contributed by atoms with Gasteiger partial charge in [-0.3, -0.25) is 9.69 Å². The van der Waals surface area contributed by atoms with Gasteiger partial charge < -0.3 is 14.4 Å². The molecule has 3 rings (SSSR count). The number of aryl methyl sites for hydroxylation is 1. The molecule has 1 aliphatic rings. The van der Waals surface area contributed by atoms with Crippen LogP contribution >= 0.6 is 0 Å². The van der Waals surface area contributed by atoms with Crippen LogP contribution in [0.4, 0.5) is 0 Å². The van der Waals surface area contributed by atoms with Crippen LogP contribution in [0.25, 0.3) is 6.08 Å². The molecule has 0 N–H and O–H groups in total. The van der Waals surface area contributed by atoms with Gasteiger partial charge in [0.1, 0.15) is 0 Å². The Morgan fingerprint density at radius 2 is 1.79 bits per heavy atom. The average Bonchev–Trinajstić information content (AvgIpc) is 2.72. The van der Waals surface area contributed by atoms with Crippen LogP contribution in [0.5, 0.6) is 11.5 Å². The molecule has 5 heteroatoms. The fourth-order valence-electron chi connectivity index (χ4n) is 3.50. The molecular weight excluding hydrogens is 352 g/mol. The first-order valence-corrected chi connectivity index (χ1v) is 9.56. The summed E-state index contributed by atoms with van der Waals surface area (Å²) >= 11 is 0. The average molecular weight is 380 g/mol. The van der Waals surface area contributed by atoms with Gasteiger partial charge in [-0.05, 0) is 24.6 Å². The van der Waals surface area contributed by atoms with E-state index in [-0.39, 0.29) is 5.91 Å². The molecule has 2 aromatic rings. The van der Waals surface area contributed by atoms with Crippen LogP contribution in [0.1, 0.15) is 16.7 Å². The lowest BCUT2D eigenvalue weighted by Gasteiger charge is -2.34. The highest BCUT2D eigenvalue weighted by molar-refractivity contribution is 5.92. The second kappa shape index (κ2) is 9.42. The molecule has 0 aliphatic carbocycles. The van der Waals surface area contributed by atoms with Crippen molar-refractivity contribution in [2.45, 2.75) is 13.5 Å². The molecule has 1 fully saturated rings. The van der Waals surface area contributed by atoms with Crippen molar-refractivity contribution in [3.8, 4) is 11.5 Å². The lowest BCUT2D eigenvalue weighted by atomic mass is 10.1. The quantitative estimate of drug-likeness (QED) is 0.721. The minimum atomic E-state index is 0.0279. The van der Waals surface area contributed by atoms with Gasteiger partial charge in [-0.1, -0.05) is 42.0 Å². The van der Waals surface area contributed by atoms with Crippen molar-refractivity contribution in [2.24, 2.45) is 0 Å². The molecule has 5 nitrogen and oxygen atoms in total. The number of nitrogens with zero attached hydrogens (tertiary/aromatic N) is 2. The van der Waals surface area contributed by atoms with Crippen LogP contribution in [-0.4, -0.2) is 56.1 Å². The molecule has 1 amide bonds. The summed E-state index contributed by atoms with van der Waals surface area (Å²) in [6.07, 6.45) is 3.41. The first-order chi connectivity index (χ1) is 13.6. The summed E-state index contributed by atoms with van der Waals surface area (Å²) in [6.45, 7) is 6.30. The smallest absolute Gasteiger partial charge is 0.246 e. The van der Waals surface area contributed by atoms with Crippen LogP contribution in [0.2, 0.25) is 0 Å². The fourth-order valence-corrected chi connectivity index (χ4v) is 3.50. The maximum absolute atomic E-state index is 12.6. The maximum Gasteiger partial charge on any atom is 0.246 e. The number of benzene rings is 2. The van der Waals surface area contributed by atoms with E-state index < -0.39 is 0 Å². The SMILES string of the molecule is COc1cccc(/C=C/C(=O)N2CCN(Cc3cccc(C)c3)CC2)c1OC. The number of rotatable bonds is 6. The van der Waals surface area contributed by atoms with Crippen LogP contribution in [0.3, 0.4) is 0 Å². The van der Waals surface area contributed by atoms with E-state index in [2.05, 4.69) is 36.1 Å². The molecule has 2 aromatic carbocycles. The van der Waals surface area contributed by atoms with Gasteiger partial charge in [-0.15, -0.1) is 0 Å². The minimum absolute atomic E-state index is 0.0279. The standard InChI is InChI=1S/C23H28N2O3/c1-18-6-4-7-19(16-18)17-24-12-14-25(15-13-24)22(26)11-10-20-8-5-9-21(27-2)23(20)28-3/h4-11,16H,12-15,17H2,1-3H3/b11-10+. The lowest BCUT2D eigenvalue weighted by molar-refractivity contribution is -0.127. The van der Waals surface area contributed by atoms with Gasteiger partial charge in [-0.2, -0.15) is 0 Å². The number of para-hydroxylation sites is 1. The van der Waals surface area contributed by atoms with E-state index in [1.807, 2.05) is 23.1 Å². The molecule has 0 spiro atoms. The zero-order valence-corrected chi connectivity index (χ0v) is 16.9. The van der Waals surface area contributed by atoms with Gasteiger partial charge in [-0.25, -0.2) is 0 Å². The van der Waals surface area contributed by atoms with Crippen molar-refractivity contribution >= 4 is 12.0 Å². The summed E-state index contributed by atoms with van der Waals surface area (Å²) in [7, 11) is 3.21. The summed E-state index contributed by atoms with van der Waals surface area (Å²) in [6, 6.07) is 14.2. The monoisotopic (exact) mass is 380 g/mol. The van der Waals surface area contributed by atoms with Crippen molar-refractivity contribution in [3.63, 3.8) is 0 Å². The van der Waals surface area contributed by atoms with Gasteiger partial charge in [0, 0.05) is 44.4 Å². The molecule has 1 heterocycles. The van der Waals surface area contributed by atoms with Crippen molar-refractivity contribution in [1.29, 1.82) is 0 Å². The molecule has 0 saturated carbocycles. The van der Waals surface area contributed by atoms with Gasteiger partial charge in [0.2, 0.25) is 5.91 Å². The molecule has 148 valence electrons. The summed E-state index contributed by atoms with van der Waals surface area (Å²) in [5.41, 5.74) is 3.43. The Balaban J connectivity index is 1.56. The van der Waals surface area contributed by atoms with Gasteiger partial charge >= 0.3 is 0 Å². The van der Waals surface area contributed by atoms with Crippen LogP contribution < -0.4 is 9.47 Å². The van der Waals surface area contributed by atoms with E-state index in [0.29, 0.717) is 11.5 Å². The summed E-state index contributed by atoms with van der Waals surface area (Å²) < 4.78 is 10.7. The minimum Gasteiger partial charge on any atom is -0.493 e. The largest absolute Gasteiger partial charge is 0.493 e. The molecular formula is C23H28N2O3. The van der Waals surface area contributed by atoms with Crippen LogP contribution in [-0.2, 0) is 11.3 Å². The second-order valence-corrected chi connectivity index (χ2v) is 7.01. The zero-order chi connectivity index (χ0) is 19.9. The van der Waals surface area contributed by atoms with Crippen molar-refractivity contribution in [3.05, 3.63) is 65.2 Å². The lowest BCUT2D eigenvalue weighted by Crippen LogP contribution is -2.47. The van der Waals surface area contributed by atoms with Gasteiger partial charge in [0.25, 0.3) is 0 Å². The predicted molar refractivity (Wildman–Crippen MR) is 112 cm³/mol. The number of hydrogen-bond acceptors (Lipinski definition) is 4. The normalized spacial score (nSPS) is 15.0. The summed E-state index contributed by atoms with van der Waals surface area (Å²) in [5, 5.41) is 0. The summed E-state index contributed by atoms with van der Waals surface area (Å²) in [5.74, 6) is 1.32. The third kappa shape index (κ3) is 4.93. The zero-order valence-electron chi connectivity index (χ0n) is 16.9. The number of hydrogen-bond donors (Lipinski definition) is 0. The Morgan fingerprint density at radius 3 is 2.46 bits per heavy atom. The Morgan fingerprint density at radius 1 is 1.04 bits per heavy atom. The highest BCUT2D eigenvalue weighted by Gasteiger charge is 2.19. The first-order valence-electron chi connectivity index (χ1n) is 9.56. The fraction of sp³-hybridized carbons (Fsp3) is 0.348. The Bertz CT molecular complexity index is 839. The maximum atomic E-state index is 12.6. The van der Waals surface area contributed by atoms with E-state index in [1.165, 1.54) is 11.1 Å². The molecule has 0 unspecified atom stereocenters. The van der Waals surface area contributed by atoms with Gasteiger partial charge in [0.05, 0.1) is 14.2 Å². The molecule has 1 aliphatic heterocycles. The topological polar surface area (TPSA) is 42.0 Å². The number of amides is 1. The Kier molecular flexibility index (Phi) is 6.71. The number of piperazine rings is 1. The van der Waals surface area contributed by atoms with E-state index in [4.69, 9.17) is 9.47 Å². The number of methoxy groups -OCH3 is 2. The third-order valence-corrected chi connectivity index (χ3v) is 5.01. The Hall–Kier alpha value is -2.79. The highest BCUT2D eigenvalue weighted by atomic mass is 16.5. The van der Waals surface area contributed by atoms with E-state index in [9.17, 15) is 4.79 Å². The third-order valence-electron chi connectivity index (χ3n) is 5.01. The summed E-state index contributed by atoms with van der Waals surface area (Å²) in [4.78, 5) is 16.9. The molecule has 0 radical (unpaired) electrons. The highest BCUT2D eigenvalue weighted by Crippen LogP contribution is 2.31. The van der Waals surface area contributed by atoms with E-state index in [0.717, 1.165) is 38.3 Å². The number of carbonyl (C=O) groups is 1. The van der Waals surface area contributed by atoms with Crippen molar-refractivity contribution in [2.75, 3.05) is 40.4 Å². The van der Waals surface area contributed by atoms with E-state index >= 15 is 0 Å². The number of ether oxygens (including phenoxy) is 2. The molecule has 0 bridgehead atoms. The van der Waals surface area contributed by atoms with Crippen LogP contribution in [0.15, 0.2) is 48.5 Å². The molecule has 1 saturated heterocycles. The van der Waals surface area contributed by atoms with Crippen molar-refractivity contribution in [1.82, 2.24) is 9.80 Å². The van der Waals surface area contributed by atoms with Crippen LogP contribution in [0, 0.1) is 6.92 Å². The second-order valence-electron chi connectivity index (χ2n) is 7.01. The molecule has 28 heavy (non-hydrogen) atoms. The van der Waals surface area contributed by atoms with Gasteiger partial charge in [0.15, 0.2) is 11.5 Å². The first kappa shape index (κ1) is 20.0. The molecule has 0 aromatic heterocycles. The molecule has 0 atom stereocenters. The number of carbonyl (C=O) groups excluding carboxylic acids is 1. The van der Waals surface area contributed by atoms with Crippen molar-refractivity contribution < 1.29 is 14.3 Å².